The molecule has 2 heterocycles. The molecule has 2 saturated heterocycles. The minimum Gasteiger partial charge on any atom is -0.363 e. The van der Waals surface area contributed by atoms with Gasteiger partial charge in [0, 0.05) is 6.54 Å². The second kappa shape index (κ2) is 3.56. The van der Waals surface area contributed by atoms with Gasteiger partial charge in [-0.1, -0.05) is 17.7 Å². The van der Waals surface area contributed by atoms with Gasteiger partial charge < -0.3 is 4.74 Å². The fraction of sp³-hybridized carbons (Fsp3) is 0.538. The van der Waals surface area contributed by atoms with Crippen LogP contribution in [0.1, 0.15) is 19.4 Å². The number of fused-ring (bicyclic) bond motifs is 1. The SMILES string of the molecule is Cc1ccc(S(=O)(=O)N2C[C@@H]3O[C@]3(C)[C@@H]2C)cc1. The van der Waals surface area contributed by atoms with Gasteiger partial charge in [-0.3, -0.25) is 0 Å². The van der Waals surface area contributed by atoms with Crippen molar-refractivity contribution in [2.24, 2.45) is 0 Å². The lowest BCUT2D eigenvalue weighted by Gasteiger charge is -2.25. The molecular formula is C13H17NO3S. The minimum absolute atomic E-state index is 0.0627. The molecule has 0 unspecified atom stereocenters. The van der Waals surface area contributed by atoms with E-state index in [1.807, 2.05) is 32.9 Å². The average molecular weight is 267 g/mol. The summed E-state index contributed by atoms with van der Waals surface area (Å²) >= 11 is 0. The molecule has 0 spiro atoms. The molecule has 0 N–H and O–H groups in total. The van der Waals surface area contributed by atoms with Crippen molar-refractivity contribution in [2.75, 3.05) is 6.54 Å². The third-order valence-electron chi connectivity index (χ3n) is 4.21. The van der Waals surface area contributed by atoms with Gasteiger partial charge in [-0.25, -0.2) is 8.42 Å². The molecule has 2 aliphatic heterocycles. The molecule has 0 radical (unpaired) electrons. The van der Waals surface area contributed by atoms with Crippen LogP contribution in [0.2, 0.25) is 0 Å². The number of epoxide rings is 1. The zero-order chi connectivity index (χ0) is 13.1. The maximum Gasteiger partial charge on any atom is 0.243 e. The van der Waals surface area contributed by atoms with Crippen LogP contribution in [0.15, 0.2) is 29.2 Å². The van der Waals surface area contributed by atoms with E-state index in [0.29, 0.717) is 11.4 Å². The van der Waals surface area contributed by atoms with Gasteiger partial charge in [-0.15, -0.1) is 0 Å². The van der Waals surface area contributed by atoms with Gasteiger partial charge in [-0.05, 0) is 32.9 Å². The number of hydrogen-bond donors (Lipinski definition) is 0. The Bertz CT molecular complexity index is 581. The Labute approximate surface area is 108 Å². The van der Waals surface area contributed by atoms with Crippen LogP contribution in [0.25, 0.3) is 0 Å². The monoisotopic (exact) mass is 267 g/mol. The number of benzene rings is 1. The summed E-state index contributed by atoms with van der Waals surface area (Å²) in [5.41, 5.74) is 0.777. The highest BCUT2D eigenvalue weighted by Gasteiger charge is 2.65. The van der Waals surface area contributed by atoms with E-state index in [1.165, 1.54) is 0 Å². The van der Waals surface area contributed by atoms with Crippen molar-refractivity contribution in [1.29, 1.82) is 0 Å². The van der Waals surface area contributed by atoms with Crippen molar-refractivity contribution in [3.05, 3.63) is 29.8 Å². The van der Waals surface area contributed by atoms with Crippen LogP contribution < -0.4 is 0 Å². The van der Waals surface area contributed by atoms with Crippen LogP contribution in [0.5, 0.6) is 0 Å². The third-order valence-corrected chi connectivity index (χ3v) is 6.16. The fourth-order valence-corrected chi connectivity index (χ4v) is 4.33. The second-order valence-electron chi connectivity index (χ2n) is 5.35. The molecule has 3 atom stereocenters. The molecule has 98 valence electrons. The third kappa shape index (κ3) is 1.54. The first-order chi connectivity index (χ1) is 8.35. The summed E-state index contributed by atoms with van der Waals surface area (Å²) in [4.78, 5) is 0.366. The molecule has 2 fully saturated rings. The van der Waals surface area contributed by atoms with Crippen molar-refractivity contribution in [2.45, 2.75) is 43.4 Å². The topological polar surface area (TPSA) is 49.9 Å². The first kappa shape index (κ1) is 12.1. The Morgan fingerprint density at radius 2 is 1.94 bits per heavy atom. The summed E-state index contributed by atoms with van der Waals surface area (Å²) < 4.78 is 32.2. The lowest BCUT2D eigenvalue weighted by molar-refractivity contribution is 0.176. The summed E-state index contributed by atoms with van der Waals surface area (Å²) in [6.07, 6.45) is 0.0627. The van der Waals surface area contributed by atoms with Gasteiger partial charge in [0.2, 0.25) is 10.0 Å². The van der Waals surface area contributed by atoms with E-state index in [-0.39, 0.29) is 17.7 Å². The number of hydrogen-bond acceptors (Lipinski definition) is 3. The van der Waals surface area contributed by atoms with Crippen LogP contribution >= 0.6 is 0 Å². The molecule has 1 aromatic rings. The average Bonchev–Trinajstić information content (AvgIpc) is 2.91. The first-order valence-electron chi connectivity index (χ1n) is 6.12. The molecule has 0 bridgehead atoms. The van der Waals surface area contributed by atoms with Crippen LogP contribution in [0, 0.1) is 6.92 Å². The van der Waals surface area contributed by atoms with E-state index < -0.39 is 10.0 Å². The molecule has 18 heavy (non-hydrogen) atoms. The molecule has 0 aliphatic carbocycles. The van der Waals surface area contributed by atoms with Gasteiger partial charge in [0.1, 0.15) is 11.7 Å². The predicted octanol–water partition coefficient (Wildman–Crippen LogP) is 1.55. The van der Waals surface area contributed by atoms with E-state index >= 15 is 0 Å². The second-order valence-corrected chi connectivity index (χ2v) is 7.24. The molecule has 0 saturated carbocycles. The van der Waals surface area contributed by atoms with Crippen molar-refractivity contribution in [1.82, 2.24) is 4.31 Å². The number of aryl methyl sites for hydroxylation is 1. The smallest absolute Gasteiger partial charge is 0.243 e. The molecule has 4 nitrogen and oxygen atoms in total. The van der Waals surface area contributed by atoms with E-state index in [4.69, 9.17) is 4.74 Å². The highest BCUT2D eigenvalue weighted by atomic mass is 32.2. The van der Waals surface area contributed by atoms with E-state index in [2.05, 4.69) is 0 Å². The van der Waals surface area contributed by atoms with Crippen molar-refractivity contribution in [3.63, 3.8) is 0 Å². The summed E-state index contributed by atoms with van der Waals surface area (Å²) in [5.74, 6) is 0. The quantitative estimate of drug-likeness (QED) is 0.764. The van der Waals surface area contributed by atoms with Gasteiger partial charge in [0.05, 0.1) is 10.9 Å². The maximum atomic E-state index is 12.5. The maximum absolute atomic E-state index is 12.5. The van der Waals surface area contributed by atoms with Crippen LogP contribution in [0.3, 0.4) is 0 Å². The fourth-order valence-electron chi connectivity index (χ4n) is 2.62. The largest absolute Gasteiger partial charge is 0.363 e. The molecule has 0 aromatic heterocycles. The summed E-state index contributed by atoms with van der Waals surface area (Å²) in [6.45, 7) is 6.30. The number of sulfonamides is 1. The summed E-state index contributed by atoms with van der Waals surface area (Å²) in [5, 5.41) is 0. The Balaban J connectivity index is 1.94. The molecule has 5 heteroatoms. The Morgan fingerprint density at radius 3 is 2.44 bits per heavy atom. The molecular weight excluding hydrogens is 250 g/mol. The van der Waals surface area contributed by atoms with Crippen LogP contribution in [0.4, 0.5) is 0 Å². The van der Waals surface area contributed by atoms with Gasteiger partial charge in [0.15, 0.2) is 0 Å². The lowest BCUT2D eigenvalue weighted by atomic mass is 10.1. The number of rotatable bonds is 2. The minimum atomic E-state index is -3.39. The highest BCUT2D eigenvalue weighted by molar-refractivity contribution is 7.89. The Hall–Kier alpha value is -0.910. The van der Waals surface area contributed by atoms with E-state index in [0.717, 1.165) is 5.56 Å². The number of ether oxygens (including phenoxy) is 1. The van der Waals surface area contributed by atoms with E-state index in [1.54, 1.807) is 16.4 Å². The molecule has 2 aliphatic rings. The zero-order valence-corrected chi connectivity index (χ0v) is 11.6. The van der Waals surface area contributed by atoms with Gasteiger partial charge in [0.25, 0.3) is 0 Å². The Kier molecular flexibility index (Phi) is 2.40. The first-order valence-corrected chi connectivity index (χ1v) is 7.56. The van der Waals surface area contributed by atoms with Crippen molar-refractivity contribution < 1.29 is 13.2 Å². The van der Waals surface area contributed by atoms with Gasteiger partial charge >= 0.3 is 0 Å². The van der Waals surface area contributed by atoms with Crippen molar-refractivity contribution >= 4 is 10.0 Å². The Morgan fingerprint density at radius 1 is 1.33 bits per heavy atom. The normalized spacial score (nSPS) is 35.5. The highest BCUT2D eigenvalue weighted by Crippen LogP contribution is 2.49. The summed E-state index contributed by atoms with van der Waals surface area (Å²) in [6, 6.07) is 6.89. The number of nitrogens with zero attached hydrogens (tertiary/aromatic N) is 1. The summed E-state index contributed by atoms with van der Waals surface area (Å²) in [7, 11) is -3.39. The molecule has 1 aromatic carbocycles. The predicted molar refractivity (Wildman–Crippen MR) is 67.8 cm³/mol. The van der Waals surface area contributed by atoms with Crippen LogP contribution in [-0.2, 0) is 14.8 Å². The van der Waals surface area contributed by atoms with Crippen LogP contribution in [-0.4, -0.2) is 37.0 Å². The number of morpholine rings is 1. The standard InChI is InChI=1S/C13H17NO3S/c1-9-4-6-11(7-5-9)18(15,16)14-8-12-13(3,17-12)10(14)2/h4-7,10,12H,8H2,1-3H3/t10-,12-,13+/m0/s1. The molecule has 0 amide bonds. The van der Waals surface area contributed by atoms with Crippen molar-refractivity contribution in [3.8, 4) is 0 Å². The zero-order valence-electron chi connectivity index (χ0n) is 10.8. The van der Waals surface area contributed by atoms with E-state index in [9.17, 15) is 8.42 Å². The molecule has 3 rings (SSSR count). The lowest BCUT2D eigenvalue weighted by Crippen LogP contribution is -2.40. The van der Waals surface area contributed by atoms with Gasteiger partial charge in [-0.2, -0.15) is 4.31 Å².